The van der Waals surface area contributed by atoms with Crippen LogP contribution in [0, 0.1) is 5.92 Å². The summed E-state index contributed by atoms with van der Waals surface area (Å²) in [5, 5.41) is 9.88. The SMILES string of the molecule is CC(C)Cc1ccc(C(Oc2ccc(C(=O)c3cn(CCCC(=O)O)c4ccccc34)cc2)c2ccccc2)cc1. The first-order valence-electron chi connectivity index (χ1n) is 14.1. The topological polar surface area (TPSA) is 68.5 Å². The summed E-state index contributed by atoms with van der Waals surface area (Å²) in [6.07, 6.45) is 3.18. The minimum absolute atomic E-state index is 0.0786. The van der Waals surface area contributed by atoms with Crippen LogP contribution in [-0.4, -0.2) is 21.4 Å². The van der Waals surface area contributed by atoms with E-state index in [1.807, 2.05) is 77.5 Å². The number of ketones is 1. The van der Waals surface area contributed by atoms with Crippen LogP contribution < -0.4 is 4.74 Å². The zero-order valence-electron chi connectivity index (χ0n) is 23.5. The number of aromatic nitrogens is 1. The van der Waals surface area contributed by atoms with Gasteiger partial charge in [-0.15, -0.1) is 0 Å². The Hall–Kier alpha value is -4.64. The number of para-hydroxylation sites is 1. The van der Waals surface area contributed by atoms with Gasteiger partial charge in [-0.05, 0) is 65.8 Å². The van der Waals surface area contributed by atoms with E-state index in [0.717, 1.165) is 28.5 Å². The third-order valence-electron chi connectivity index (χ3n) is 7.22. The molecule has 0 radical (unpaired) electrons. The summed E-state index contributed by atoms with van der Waals surface area (Å²) in [5.74, 6) is 0.372. The van der Waals surface area contributed by atoms with Crippen molar-refractivity contribution in [3.63, 3.8) is 0 Å². The summed E-state index contributed by atoms with van der Waals surface area (Å²) in [5.41, 5.74) is 5.53. The smallest absolute Gasteiger partial charge is 0.303 e. The zero-order chi connectivity index (χ0) is 28.8. The molecule has 1 aromatic heterocycles. The Morgan fingerprint density at radius 3 is 2.15 bits per heavy atom. The number of hydrogen-bond donors (Lipinski definition) is 1. The predicted molar refractivity (Wildman–Crippen MR) is 163 cm³/mol. The van der Waals surface area contributed by atoms with Crippen molar-refractivity contribution in [3.8, 4) is 5.75 Å². The molecular weight excluding hydrogens is 510 g/mol. The van der Waals surface area contributed by atoms with Crippen molar-refractivity contribution in [2.75, 3.05) is 0 Å². The van der Waals surface area contributed by atoms with Crippen LogP contribution >= 0.6 is 0 Å². The fraction of sp³-hybridized carbons (Fsp3) is 0.222. The van der Waals surface area contributed by atoms with E-state index in [9.17, 15) is 9.59 Å². The standard InChI is InChI=1S/C36H35NO4/c1-25(2)23-26-14-16-29(17-15-26)36(28-9-4-3-5-10-28)41-30-20-18-27(19-21-30)35(40)32-24-37(22-8-13-34(38)39)33-12-7-6-11-31(32)33/h3-7,9-12,14-21,24-25,36H,8,13,22-23H2,1-2H3,(H,38,39). The molecule has 1 N–H and O–H groups in total. The molecule has 0 amide bonds. The third-order valence-corrected chi connectivity index (χ3v) is 7.22. The highest BCUT2D eigenvalue weighted by Crippen LogP contribution is 2.30. The molecule has 5 rings (SSSR count). The van der Waals surface area contributed by atoms with Gasteiger partial charge in [0.25, 0.3) is 0 Å². The number of hydrogen-bond acceptors (Lipinski definition) is 3. The molecule has 0 aliphatic rings. The van der Waals surface area contributed by atoms with E-state index in [0.29, 0.717) is 35.8 Å². The molecule has 208 valence electrons. The molecule has 0 saturated carbocycles. The lowest BCUT2D eigenvalue weighted by atomic mass is 9.97. The highest BCUT2D eigenvalue weighted by Gasteiger charge is 2.19. The zero-order valence-corrected chi connectivity index (χ0v) is 23.5. The van der Waals surface area contributed by atoms with Gasteiger partial charge in [0.05, 0.1) is 0 Å². The quantitative estimate of drug-likeness (QED) is 0.161. The second-order valence-corrected chi connectivity index (χ2v) is 10.9. The number of nitrogens with zero attached hydrogens (tertiary/aromatic N) is 1. The minimum Gasteiger partial charge on any atom is -0.481 e. The van der Waals surface area contributed by atoms with Gasteiger partial charge in [-0.1, -0.05) is 86.6 Å². The first-order valence-corrected chi connectivity index (χ1v) is 14.1. The van der Waals surface area contributed by atoms with E-state index in [1.54, 1.807) is 0 Å². The molecular formula is C36H35NO4. The number of carbonyl (C=O) groups is 2. The minimum atomic E-state index is -0.822. The second-order valence-electron chi connectivity index (χ2n) is 10.9. The lowest BCUT2D eigenvalue weighted by Crippen LogP contribution is -2.10. The van der Waals surface area contributed by atoms with Crippen molar-refractivity contribution in [1.82, 2.24) is 4.57 Å². The van der Waals surface area contributed by atoms with Crippen molar-refractivity contribution in [3.05, 3.63) is 137 Å². The lowest BCUT2D eigenvalue weighted by Gasteiger charge is -2.21. The molecule has 0 bridgehead atoms. The number of carboxylic acid groups (broad SMARTS) is 1. The number of benzene rings is 4. The molecule has 0 aliphatic carbocycles. The summed E-state index contributed by atoms with van der Waals surface area (Å²) in [6, 6.07) is 33.8. The Bertz CT molecular complexity index is 1620. The van der Waals surface area contributed by atoms with Gasteiger partial charge in [0.2, 0.25) is 0 Å². The van der Waals surface area contributed by atoms with E-state index in [2.05, 4.69) is 50.2 Å². The Morgan fingerprint density at radius 2 is 1.46 bits per heavy atom. The molecule has 41 heavy (non-hydrogen) atoms. The number of rotatable bonds is 12. The average Bonchev–Trinajstić information content (AvgIpc) is 3.35. The summed E-state index contributed by atoms with van der Waals surface area (Å²) < 4.78 is 8.49. The fourth-order valence-corrected chi connectivity index (χ4v) is 5.25. The van der Waals surface area contributed by atoms with Crippen molar-refractivity contribution in [1.29, 1.82) is 0 Å². The molecule has 5 heteroatoms. The number of ether oxygens (including phenoxy) is 1. The predicted octanol–water partition coefficient (Wildman–Crippen LogP) is 8.10. The number of aliphatic carboxylic acids is 1. The summed E-state index contributed by atoms with van der Waals surface area (Å²) >= 11 is 0. The molecule has 0 aliphatic heterocycles. The van der Waals surface area contributed by atoms with E-state index < -0.39 is 5.97 Å². The number of aryl methyl sites for hydroxylation is 1. The van der Waals surface area contributed by atoms with Crippen LogP contribution in [0.15, 0.2) is 109 Å². The van der Waals surface area contributed by atoms with Gasteiger partial charge in [0.15, 0.2) is 5.78 Å². The Balaban J connectivity index is 1.38. The first-order chi connectivity index (χ1) is 19.9. The molecule has 5 nitrogen and oxygen atoms in total. The monoisotopic (exact) mass is 545 g/mol. The van der Waals surface area contributed by atoms with Gasteiger partial charge < -0.3 is 14.4 Å². The van der Waals surface area contributed by atoms with Gasteiger partial charge >= 0.3 is 5.97 Å². The lowest BCUT2D eigenvalue weighted by molar-refractivity contribution is -0.137. The van der Waals surface area contributed by atoms with E-state index >= 15 is 0 Å². The van der Waals surface area contributed by atoms with Crippen molar-refractivity contribution < 1.29 is 19.4 Å². The summed E-state index contributed by atoms with van der Waals surface area (Å²) in [7, 11) is 0. The van der Waals surface area contributed by atoms with Gasteiger partial charge in [-0.2, -0.15) is 0 Å². The van der Waals surface area contributed by atoms with Gasteiger partial charge in [0.1, 0.15) is 11.9 Å². The molecule has 5 aromatic rings. The Labute approximate surface area is 241 Å². The second kappa shape index (κ2) is 12.7. The van der Waals surface area contributed by atoms with Crippen LogP contribution in [-0.2, 0) is 17.8 Å². The highest BCUT2D eigenvalue weighted by molar-refractivity contribution is 6.16. The maximum absolute atomic E-state index is 13.6. The van der Waals surface area contributed by atoms with Gasteiger partial charge in [0, 0.05) is 41.2 Å². The molecule has 0 saturated heterocycles. The molecule has 4 aromatic carbocycles. The normalized spacial score (nSPS) is 12.0. The van der Waals surface area contributed by atoms with Gasteiger partial charge in [-0.25, -0.2) is 0 Å². The Morgan fingerprint density at radius 1 is 0.805 bits per heavy atom. The van der Waals surface area contributed by atoms with Crippen LogP contribution in [0.4, 0.5) is 0 Å². The van der Waals surface area contributed by atoms with Gasteiger partial charge in [-0.3, -0.25) is 9.59 Å². The molecule has 1 atom stereocenters. The Kier molecular flexibility index (Phi) is 8.64. The fourth-order valence-electron chi connectivity index (χ4n) is 5.25. The van der Waals surface area contributed by atoms with E-state index in [1.165, 1.54) is 5.56 Å². The van der Waals surface area contributed by atoms with Crippen molar-refractivity contribution in [2.45, 2.75) is 45.8 Å². The summed E-state index contributed by atoms with van der Waals surface area (Å²) in [4.78, 5) is 24.6. The van der Waals surface area contributed by atoms with Crippen LogP contribution in [0.3, 0.4) is 0 Å². The largest absolute Gasteiger partial charge is 0.481 e. The van der Waals surface area contributed by atoms with Crippen molar-refractivity contribution in [2.24, 2.45) is 5.92 Å². The molecule has 0 fully saturated rings. The summed E-state index contributed by atoms with van der Waals surface area (Å²) in [6.45, 7) is 4.98. The van der Waals surface area contributed by atoms with Crippen LogP contribution in [0.25, 0.3) is 10.9 Å². The average molecular weight is 546 g/mol. The number of carbonyl (C=O) groups excluding carboxylic acids is 1. The van der Waals surface area contributed by atoms with E-state index in [-0.39, 0.29) is 18.3 Å². The van der Waals surface area contributed by atoms with Crippen LogP contribution in [0.1, 0.15) is 65.4 Å². The maximum atomic E-state index is 13.6. The molecule has 0 spiro atoms. The highest BCUT2D eigenvalue weighted by atomic mass is 16.5. The number of carboxylic acids is 1. The molecule has 1 unspecified atom stereocenters. The maximum Gasteiger partial charge on any atom is 0.303 e. The van der Waals surface area contributed by atoms with Crippen molar-refractivity contribution >= 4 is 22.7 Å². The van der Waals surface area contributed by atoms with Crippen LogP contribution in [0.2, 0.25) is 0 Å². The third kappa shape index (κ3) is 6.75. The van der Waals surface area contributed by atoms with Crippen LogP contribution in [0.5, 0.6) is 5.75 Å². The molecule has 1 heterocycles. The first kappa shape index (κ1) is 27.9. The van der Waals surface area contributed by atoms with E-state index in [4.69, 9.17) is 9.84 Å². The number of fused-ring (bicyclic) bond motifs is 1.